The number of halogens is 1. The minimum atomic E-state index is -0.754. The molecule has 146 valence electrons. The summed E-state index contributed by atoms with van der Waals surface area (Å²) in [6.07, 6.45) is 14.6. The summed E-state index contributed by atoms with van der Waals surface area (Å²) in [5.41, 5.74) is 5.72. The second-order valence-electron chi connectivity index (χ2n) is 6.65. The molecule has 0 aromatic heterocycles. The maximum absolute atomic E-state index is 12.2. The van der Waals surface area contributed by atoms with Gasteiger partial charge in [0.05, 0.1) is 6.61 Å². The lowest BCUT2D eigenvalue weighted by molar-refractivity contribution is -0.133. The molecule has 4 nitrogen and oxygen atoms in total. The van der Waals surface area contributed by atoms with Crippen molar-refractivity contribution < 1.29 is 9.90 Å². The molecule has 1 atom stereocenters. The van der Waals surface area contributed by atoms with E-state index in [1.807, 2.05) is 4.90 Å². The van der Waals surface area contributed by atoms with Crippen LogP contribution >= 0.6 is 12.4 Å². The van der Waals surface area contributed by atoms with Crippen molar-refractivity contribution in [1.82, 2.24) is 4.90 Å². The van der Waals surface area contributed by atoms with E-state index in [2.05, 4.69) is 13.8 Å². The number of aliphatic hydroxyl groups is 1. The molecule has 1 amide bonds. The van der Waals surface area contributed by atoms with E-state index in [1.165, 1.54) is 64.2 Å². The third-order valence-corrected chi connectivity index (χ3v) is 4.39. The van der Waals surface area contributed by atoms with Crippen LogP contribution in [-0.2, 0) is 4.79 Å². The number of carbonyl (C=O) groups excluding carboxylic acids is 1. The van der Waals surface area contributed by atoms with Crippen LogP contribution in [-0.4, -0.2) is 41.7 Å². The summed E-state index contributed by atoms with van der Waals surface area (Å²) in [4.78, 5) is 14.1. The Bertz CT molecular complexity index is 262. The topological polar surface area (TPSA) is 66.6 Å². The van der Waals surface area contributed by atoms with E-state index in [-0.39, 0.29) is 24.9 Å². The Morgan fingerprint density at radius 3 is 1.58 bits per heavy atom. The molecule has 0 fully saturated rings. The van der Waals surface area contributed by atoms with Crippen LogP contribution in [0.5, 0.6) is 0 Å². The Hall–Kier alpha value is -0.320. The van der Waals surface area contributed by atoms with Gasteiger partial charge in [-0.25, -0.2) is 0 Å². The van der Waals surface area contributed by atoms with Gasteiger partial charge in [-0.3, -0.25) is 4.79 Å². The fourth-order valence-corrected chi connectivity index (χ4v) is 2.81. The zero-order valence-corrected chi connectivity index (χ0v) is 16.8. The van der Waals surface area contributed by atoms with Crippen LogP contribution in [0.3, 0.4) is 0 Å². The molecule has 0 rings (SSSR count). The molecule has 0 radical (unpaired) electrons. The SMILES string of the molecule is CCCCCCCCN(CCCCCCCC)C(=O)[C@@H](N)CO.Cl. The summed E-state index contributed by atoms with van der Waals surface area (Å²) >= 11 is 0. The van der Waals surface area contributed by atoms with Crippen molar-refractivity contribution in [2.24, 2.45) is 5.73 Å². The van der Waals surface area contributed by atoms with E-state index < -0.39 is 6.04 Å². The monoisotopic (exact) mass is 364 g/mol. The number of carbonyl (C=O) groups is 1. The van der Waals surface area contributed by atoms with Gasteiger partial charge >= 0.3 is 0 Å². The average Bonchev–Trinajstić information content (AvgIpc) is 2.57. The summed E-state index contributed by atoms with van der Waals surface area (Å²) in [7, 11) is 0. The van der Waals surface area contributed by atoms with E-state index in [0.29, 0.717) is 0 Å². The summed E-state index contributed by atoms with van der Waals surface area (Å²) in [5.74, 6) is -0.0883. The van der Waals surface area contributed by atoms with Gasteiger partial charge in [0.25, 0.3) is 0 Å². The van der Waals surface area contributed by atoms with Crippen LogP contribution in [0.15, 0.2) is 0 Å². The van der Waals surface area contributed by atoms with E-state index in [4.69, 9.17) is 10.8 Å². The number of unbranched alkanes of at least 4 members (excludes halogenated alkanes) is 10. The highest BCUT2D eigenvalue weighted by Gasteiger charge is 2.19. The maximum Gasteiger partial charge on any atom is 0.241 e. The zero-order valence-electron chi connectivity index (χ0n) is 16.0. The molecule has 0 saturated heterocycles. The van der Waals surface area contributed by atoms with E-state index in [1.54, 1.807) is 0 Å². The number of nitrogens with two attached hydrogens (primary N) is 1. The fourth-order valence-electron chi connectivity index (χ4n) is 2.81. The maximum atomic E-state index is 12.2. The summed E-state index contributed by atoms with van der Waals surface area (Å²) in [5, 5.41) is 9.12. The zero-order chi connectivity index (χ0) is 17.3. The summed E-state index contributed by atoms with van der Waals surface area (Å²) in [6, 6.07) is -0.754. The molecule has 0 aliphatic carbocycles. The van der Waals surface area contributed by atoms with Crippen LogP contribution in [0, 0.1) is 0 Å². The first-order chi connectivity index (χ1) is 11.2. The third-order valence-electron chi connectivity index (χ3n) is 4.39. The first-order valence-corrected chi connectivity index (χ1v) is 9.82. The molecule has 24 heavy (non-hydrogen) atoms. The van der Waals surface area contributed by atoms with Gasteiger partial charge < -0.3 is 15.7 Å². The van der Waals surface area contributed by atoms with E-state index >= 15 is 0 Å². The fraction of sp³-hybridized carbons (Fsp3) is 0.947. The quantitative estimate of drug-likeness (QED) is 0.402. The summed E-state index contributed by atoms with van der Waals surface area (Å²) < 4.78 is 0. The van der Waals surface area contributed by atoms with Crippen LogP contribution in [0.1, 0.15) is 90.9 Å². The molecular formula is C19H41ClN2O2. The molecule has 0 aromatic carbocycles. The lowest BCUT2D eigenvalue weighted by Gasteiger charge is -2.25. The van der Waals surface area contributed by atoms with Crippen LogP contribution in [0.4, 0.5) is 0 Å². The Balaban J connectivity index is 0. The average molecular weight is 365 g/mol. The molecule has 0 bridgehead atoms. The Kier molecular flexibility index (Phi) is 20.5. The Morgan fingerprint density at radius 1 is 0.833 bits per heavy atom. The number of aliphatic hydroxyl groups excluding tert-OH is 1. The molecule has 0 spiro atoms. The van der Waals surface area contributed by atoms with Gasteiger partial charge in [-0.2, -0.15) is 0 Å². The van der Waals surface area contributed by atoms with Gasteiger partial charge in [-0.05, 0) is 12.8 Å². The number of rotatable bonds is 16. The molecule has 0 saturated carbocycles. The number of amides is 1. The standard InChI is InChI=1S/C19H40N2O2.ClH/c1-3-5-7-9-11-13-15-21(19(23)18(20)17-22)16-14-12-10-8-6-4-2;/h18,22H,3-17,20H2,1-2H3;1H/t18-;/m0./s1. The van der Waals surface area contributed by atoms with Crippen LogP contribution in [0.25, 0.3) is 0 Å². The molecular weight excluding hydrogens is 324 g/mol. The van der Waals surface area contributed by atoms with Crippen molar-refractivity contribution in [1.29, 1.82) is 0 Å². The number of hydrogen-bond acceptors (Lipinski definition) is 3. The van der Waals surface area contributed by atoms with Crippen LogP contribution < -0.4 is 5.73 Å². The minimum Gasteiger partial charge on any atom is -0.394 e. The van der Waals surface area contributed by atoms with Crippen molar-refractivity contribution in [3.8, 4) is 0 Å². The molecule has 0 unspecified atom stereocenters. The highest BCUT2D eigenvalue weighted by atomic mass is 35.5. The molecule has 3 N–H and O–H groups in total. The van der Waals surface area contributed by atoms with Crippen LogP contribution in [0.2, 0.25) is 0 Å². The van der Waals surface area contributed by atoms with Crippen molar-refractivity contribution in [3.63, 3.8) is 0 Å². The predicted molar refractivity (Wildman–Crippen MR) is 106 cm³/mol. The second-order valence-corrected chi connectivity index (χ2v) is 6.65. The first kappa shape index (κ1) is 25.9. The van der Waals surface area contributed by atoms with Gasteiger partial charge in [-0.1, -0.05) is 78.1 Å². The van der Waals surface area contributed by atoms with Gasteiger partial charge in [0.2, 0.25) is 5.91 Å². The van der Waals surface area contributed by atoms with Crippen molar-refractivity contribution in [3.05, 3.63) is 0 Å². The highest BCUT2D eigenvalue weighted by molar-refractivity contribution is 5.85. The Morgan fingerprint density at radius 2 is 1.21 bits per heavy atom. The number of nitrogens with zero attached hydrogens (tertiary/aromatic N) is 1. The van der Waals surface area contributed by atoms with Gasteiger partial charge in [-0.15, -0.1) is 12.4 Å². The minimum absolute atomic E-state index is 0. The number of hydrogen-bond donors (Lipinski definition) is 2. The molecule has 5 heteroatoms. The van der Waals surface area contributed by atoms with Gasteiger partial charge in [0.15, 0.2) is 0 Å². The first-order valence-electron chi connectivity index (χ1n) is 9.82. The Labute approximate surface area is 156 Å². The van der Waals surface area contributed by atoms with E-state index in [9.17, 15) is 4.79 Å². The molecule has 0 aromatic rings. The van der Waals surface area contributed by atoms with Crippen molar-refractivity contribution in [2.75, 3.05) is 19.7 Å². The predicted octanol–water partition coefficient (Wildman–Crippen LogP) is 4.28. The lowest BCUT2D eigenvalue weighted by Crippen LogP contribution is -2.46. The van der Waals surface area contributed by atoms with Crippen molar-refractivity contribution in [2.45, 2.75) is 96.9 Å². The highest BCUT2D eigenvalue weighted by Crippen LogP contribution is 2.09. The van der Waals surface area contributed by atoms with Gasteiger partial charge in [0.1, 0.15) is 6.04 Å². The largest absolute Gasteiger partial charge is 0.394 e. The molecule has 0 aliphatic rings. The normalized spacial score (nSPS) is 11.8. The molecule has 0 heterocycles. The van der Waals surface area contributed by atoms with E-state index in [0.717, 1.165) is 25.9 Å². The summed E-state index contributed by atoms with van der Waals surface area (Å²) in [6.45, 7) is 5.75. The second kappa shape index (κ2) is 19.0. The third kappa shape index (κ3) is 14.1. The smallest absolute Gasteiger partial charge is 0.241 e. The van der Waals surface area contributed by atoms with Gasteiger partial charge in [0, 0.05) is 13.1 Å². The molecule has 0 aliphatic heterocycles. The van der Waals surface area contributed by atoms with Crippen molar-refractivity contribution >= 4 is 18.3 Å². The lowest BCUT2D eigenvalue weighted by atomic mass is 10.1.